The Labute approximate surface area is 297 Å². The van der Waals surface area contributed by atoms with E-state index in [0.717, 1.165) is 74.0 Å². The summed E-state index contributed by atoms with van der Waals surface area (Å²) in [6.45, 7) is 15.2. The van der Waals surface area contributed by atoms with E-state index in [-0.39, 0.29) is 48.2 Å². The summed E-state index contributed by atoms with van der Waals surface area (Å²) < 4.78 is 5.95. The zero-order valence-electron chi connectivity index (χ0n) is 31.8. The summed E-state index contributed by atoms with van der Waals surface area (Å²) in [5.41, 5.74) is 2.29. The maximum atomic E-state index is 12.7. The predicted octanol–water partition coefficient (Wildman–Crippen LogP) is 9.08. The lowest BCUT2D eigenvalue weighted by Crippen LogP contribution is -2.51. The van der Waals surface area contributed by atoms with Crippen LogP contribution >= 0.6 is 0 Å². The molecule has 0 aromatic heterocycles. The number of Topliss-reactive ketones (excluding diaryl/α,β-unsaturated/α-hetero) is 2. The molecule has 1 aliphatic heterocycles. The Morgan fingerprint density at radius 1 is 0.959 bits per heavy atom. The summed E-state index contributed by atoms with van der Waals surface area (Å²) in [5, 5.41) is 2.94. The predicted molar refractivity (Wildman–Crippen MR) is 195 cm³/mol. The number of likely N-dealkylation sites (tertiary alicyclic amines) is 1. The molecule has 4 fully saturated rings. The van der Waals surface area contributed by atoms with Crippen LogP contribution in [0.1, 0.15) is 151 Å². The minimum absolute atomic E-state index is 0.0429. The maximum Gasteiger partial charge on any atom is 0.407 e. The van der Waals surface area contributed by atoms with Crippen LogP contribution in [0.3, 0.4) is 0 Å². The molecule has 49 heavy (non-hydrogen) atoms. The first-order valence-electron chi connectivity index (χ1n) is 20.3. The Hall–Kier alpha value is -2.18. The van der Waals surface area contributed by atoms with Crippen molar-refractivity contribution >= 4 is 23.6 Å². The molecule has 3 saturated carbocycles. The van der Waals surface area contributed by atoms with Gasteiger partial charge < -0.3 is 15.0 Å². The van der Waals surface area contributed by atoms with E-state index in [2.05, 4.69) is 46.0 Å². The van der Waals surface area contributed by atoms with E-state index in [1.807, 2.05) is 6.92 Å². The number of unbranched alkanes of at least 4 members (excludes halogenated alkanes) is 2. The molecule has 1 heterocycles. The number of amides is 2. The van der Waals surface area contributed by atoms with Crippen molar-refractivity contribution in [2.75, 3.05) is 19.6 Å². The third-order valence-corrected chi connectivity index (χ3v) is 14.2. The van der Waals surface area contributed by atoms with Gasteiger partial charge in [-0.15, -0.1) is 0 Å². The highest BCUT2D eigenvalue weighted by molar-refractivity contribution is 6.06. The minimum Gasteiger partial charge on any atom is -0.446 e. The van der Waals surface area contributed by atoms with Gasteiger partial charge in [-0.1, -0.05) is 78.9 Å². The van der Waals surface area contributed by atoms with Crippen LogP contribution in [0.5, 0.6) is 0 Å². The number of carbonyl (C=O) groups is 4. The summed E-state index contributed by atoms with van der Waals surface area (Å²) in [6, 6.07) is 0. The Bertz CT molecular complexity index is 1230. The first-order chi connectivity index (χ1) is 23.4. The van der Waals surface area contributed by atoms with Gasteiger partial charge in [0.2, 0.25) is 5.91 Å². The van der Waals surface area contributed by atoms with Gasteiger partial charge in [-0.2, -0.15) is 0 Å². The normalized spacial score (nSPS) is 34.6. The zero-order valence-corrected chi connectivity index (χ0v) is 31.8. The van der Waals surface area contributed by atoms with Gasteiger partial charge >= 0.3 is 6.09 Å². The quantitative estimate of drug-likeness (QED) is 0.106. The van der Waals surface area contributed by atoms with Gasteiger partial charge in [-0.3, -0.25) is 14.4 Å². The third kappa shape index (κ3) is 8.49. The molecule has 7 heteroatoms. The van der Waals surface area contributed by atoms with Crippen molar-refractivity contribution in [1.29, 1.82) is 0 Å². The first kappa shape index (κ1) is 38.1. The summed E-state index contributed by atoms with van der Waals surface area (Å²) in [7, 11) is 0. The number of nitrogens with one attached hydrogen (secondary N) is 1. The van der Waals surface area contributed by atoms with E-state index in [1.54, 1.807) is 10.5 Å². The molecule has 7 nitrogen and oxygen atoms in total. The maximum absolute atomic E-state index is 12.7. The van der Waals surface area contributed by atoms with E-state index in [1.165, 1.54) is 51.4 Å². The molecule has 5 unspecified atom stereocenters. The minimum atomic E-state index is -0.634. The number of carbonyl (C=O) groups excluding carboxylic acids is 4. The summed E-state index contributed by atoms with van der Waals surface area (Å²) in [5.74, 6) is 4.09. The van der Waals surface area contributed by atoms with Crippen LogP contribution in [0, 0.1) is 52.3 Å². The lowest BCUT2D eigenvalue weighted by Gasteiger charge is -2.58. The van der Waals surface area contributed by atoms with Crippen LogP contribution in [0.25, 0.3) is 0 Å². The topological polar surface area (TPSA) is 92.8 Å². The average molecular weight is 681 g/mol. The van der Waals surface area contributed by atoms with Crippen LogP contribution in [0.4, 0.5) is 4.79 Å². The number of hydrogen-bond acceptors (Lipinski definition) is 5. The van der Waals surface area contributed by atoms with Gasteiger partial charge in [0.25, 0.3) is 0 Å². The second kappa shape index (κ2) is 16.4. The van der Waals surface area contributed by atoms with Crippen LogP contribution in [0.15, 0.2) is 11.6 Å². The molecule has 5 rings (SSSR count). The van der Waals surface area contributed by atoms with Crippen LogP contribution in [0.2, 0.25) is 0 Å². The van der Waals surface area contributed by atoms with E-state index >= 15 is 0 Å². The fraction of sp³-hybridized carbons (Fsp3) is 0.857. The molecule has 276 valence electrons. The van der Waals surface area contributed by atoms with Crippen molar-refractivity contribution in [3.8, 4) is 0 Å². The van der Waals surface area contributed by atoms with Gasteiger partial charge in [0.1, 0.15) is 11.9 Å². The Balaban J connectivity index is 1.02. The number of hydrogen-bond donors (Lipinski definition) is 1. The number of alkyl carbamates (subject to hydrolysis) is 1. The summed E-state index contributed by atoms with van der Waals surface area (Å²) in [6.07, 6.45) is 19.8. The van der Waals surface area contributed by atoms with E-state index in [0.29, 0.717) is 31.2 Å². The highest BCUT2D eigenvalue weighted by atomic mass is 16.6. The number of rotatable bonds is 15. The average Bonchev–Trinajstić information content (AvgIpc) is 3.62. The van der Waals surface area contributed by atoms with Gasteiger partial charge in [-0.05, 0) is 111 Å². The molecule has 4 aliphatic carbocycles. The second-order valence-corrected chi connectivity index (χ2v) is 17.8. The van der Waals surface area contributed by atoms with Crippen molar-refractivity contribution in [1.82, 2.24) is 10.2 Å². The standard InChI is InChI=1S/C42H68N2O5/c1-7-12-37(45)33-26-44(27-38(33)46)39(47)15-9-8-10-24-43-40(48)49-31-20-22-41(5)30(25-31)16-17-32-35-19-18-34(29(4)14-11-13-28(2)3)42(35,6)23-21-36(32)41/h16,28-29,31-36H,7-15,17-27H2,1-6H3,(H,43,48)/t29?,31-,32?,33?,34+,35?,36?,41-,42+/m0/s1. The van der Waals surface area contributed by atoms with Crippen LogP contribution in [-0.4, -0.2) is 54.2 Å². The number of fused-ring (bicyclic) bond motifs is 5. The number of ketones is 2. The van der Waals surface area contributed by atoms with Crippen LogP contribution in [-0.2, 0) is 19.1 Å². The van der Waals surface area contributed by atoms with Gasteiger partial charge in [0.15, 0.2) is 5.78 Å². The highest BCUT2D eigenvalue weighted by Crippen LogP contribution is 2.67. The van der Waals surface area contributed by atoms with Crippen molar-refractivity contribution < 1.29 is 23.9 Å². The fourth-order valence-electron chi connectivity index (χ4n) is 11.4. The summed E-state index contributed by atoms with van der Waals surface area (Å²) in [4.78, 5) is 51.2. The number of nitrogens with zero attached hydrogens (tertiary/aromatic N) is 1. The smallest absolute Gasteiger partial charge is 0.407 e. The molecule has 5 aliphatic rings. The molecule has 0 aromatic carbocycles. The Morgan fingerprint density at radius 3 is 2.51 bits per heavy atom. The van der Waals surface area contributed by atoms with Gasteiger partial charge in [0.05, 0.1) is 12.5 Å². The molecule has 9 atom stereocenters. The molecular weight excluding hydrogens is 612 g/mol. The molecule has 0 aromatic rings. The third-order valence-electron chi connectivity index (χ3n) is 14.2. The van der Waals surface area contributed by atoms with E-state index < -0.39 is 5.92 Å². The lowest BCUT2D eigenvalue weighted by molar-refractivity contribution is -0.132. The van der Waals surface area contributed by atoms with Crippen molar-refractivity contribution in [2.45, 2.75) is 157 Å². The monoisotopic (exact) mass is 681 g/mol. The number of allylic oxidation sites excluding steroid dienone is 1. The van der Waals surface area contributed by atoms with E-state index in [4.69, 9.17) is 4.74 Å². The van der Waals surface area contributed by atoms with Crippen LogP contribution < -0.4 is 5.32 Å². The molecular formula is C42H68N2O5. The highest BCUT2D eigenvalue weighted by Gasteiger charge is 2.59. The Morgan fingerprint density at radius 2 is 1.76 bits per heavy atom. The molecule has 2 amide bonds. The molecule has 0 bridgehead atoms. The molecule has 0 radical (unpaired) electrons. The van der Waals surface area contributed by atoms with Crippen molar-refractivity contribution in [3.05, 3.63) is 11.6 Å². The lowest BCUT2D eigenvalue weighted by atomic mass is 9.47. The molecule has 1 saturated heterocycles. The SMILES string of the molecule is CCCC(=O)C1CN(C(=O)CCCCCNC(=O)O[C@H]2CC[C@@]3(C)C(=CCC4C3CC[C@@]3(C)C4CC[C@@H]3C(C)CCCC(C)C)C2)CC1=O. The Kier molecular flexibility index (Phi) is 12.8. The summed E-state index contributed by atoms with van der Waals surface area (Å²) >= 11 is 0. The van der Waals surface area contributed by atoms with Crippen molar-refractivity contribution in [3.63, 3.8) is 0 Å². The number of ether oxygens (including phenoxy) is 1. The second-order valence-electron chi connectivity index (χ2n) is 17.8. The fourth-order valence-corrected chi connectivity index (χ4v) is 11.4. The zero-order chi connectivity index (χ0) is 35.3. The largest absolute Gasteiger partial charge is 0.446 e. The first-order valence-corrected chi connectivity index (χ1v) is 20.3. The van der Waals surface area contributed by atoms with Gasteiger partial charge in [-0.25, -0.2) is 4.79 Å². The van der Waals surface area contributed by atoms with E-state index in [9.17, 15) is 19.2 Å². The van der Waals surface area contributed by atoms with Crippen molar-refractivity contribution in [2.24, 2.45) is 52.3 Å². The molecule has 0 spiro atoms. The van der Waals surface area contributed by atoms with Gasteiger partial charge in [0, 0.05) is 32.4 Å². The molecule has 1 N–H and O–H groups in total.